The first-order chi connectivity index (χ1) is 13.6. The lowest BCUT2D eigenvalue weighted by Crippen LogP contribution is -2.45. The maximum absolute atomic E-state index is 12.8. The largest absolute Gasteiger partial charge is 0.447 e. The number of benzene rings is 1. The Bertz CT molecular complexity index is 830. The van der Waals surface area contributed by atoms with Crippen molar-refractivity contribution in [2.24, 2.45) is 5.92 Å². The van der Waals surface area contributed by atoms with Crippen molar-refractivity contribution in [1.29, 1.82) is 0 Å². The molecule has 28 heavy (non-hydrogen) atoms. The number of likely N-dealkylation sites (tertiary alicyclic amines) is 1. The molecule has 8 nitrogen and oxygen atoms in total. The molecule has 0 bridgehead atoms. The molecular weight excluding hydrogens is 360 g/mol. The van der Waals surface area contributed by atoms with Crippen LogP contribution in [0.15, 0.2) is 34.9 Å². The summed E-state index contributed by atoms with van der Waals surface area (Å²) in [7, 11) is 0. The highest BCUT2D eigenvalue weighted by molar-refractivity contribution is 5.83. The van der Waals surface area contributed by atoms with Gasteiger partial charge in [-0.2, -0.15) is 4.98 Å². The Kier molecular flexibility index (Phi) is 5.27. The summed E-state index contributed by atoms with van der Waals surface area (Å²) < 4.78 is 10.4. The second-order valence-corrected chi connectivity index (χ2v) is 7.39. The molecular formula is C20H24N4O4. The molecule has 3 heterocycles. The van der Waals surface area contributed by atoms with Gasteiger partial charge in [0.2, 0.25) is 11.8 Å². The molecule has 0 N–H and O–H groups in total. The topological polar surface area (TPSA) is 88.8 Å². The number of amides is 2. The maximum atomic E-state index is 12.8. The van der Waals surface area contributed by atoms with Gasteiger partial charge in [0.15, 0.2) is 5.82 Å². The lowest BCUT2D eigenvalue weighted by Gasteiger charge is -2.33. The molecule has 0 saturated carbocycles. The molecule has 4 rings (SSSR count). The van der Waals surface area contributed by atoms with Crippen LogP contribution in [-0.4, -0.2) is 58.2 Å². The van der Waals surface area contributed by atoms with Gasteiger partial charge in [-0.15, -0.1) is 0 Å². The molecule has 2 saturated heterocycles. The SMILES string of the molecule is Cc1noc(CC2CCN(C(=O)CN3C(=O)OC[C@@H]3c3ccccc3)CC2)n1. The molecule has 2 amide bonds. The van der Waals surface area contributed by atoms with Crippen molar-refractivity contribution in [1.82, 2.24) is 19.9 Å². The van der Waals surface area contributed by atoms with Crippen LogP contribution in [0.1, 0.15) is 36.2 Å². The van der Waals surface area contributed by atoms with Crippen molar-refractivity contribution in [3.05, 3.63) is 47.6 Å². The second kappa shape index (κ2) is 8.00. The fourth-order valence-corrected chi connectivity index (χ4v) is 3.88. The van der Waals surface area contributed by atoms with Crippen molar-refractivity contribution in [2.45, 2.75) is 32.2 Å². The van der Waals surface area contributed by atoms with E-state index in [1.807, 2.05) is 35.2 Å². The quantitative estimate of drug-likeness (QED) is 0.786. The molecule has 1 aromatic heterocycles. The van der Waals surface area contributed by atoms with E-state index in [2.05, 4.69) is 10.1 Å². The molecule has 0 unspecified atom stereocenters. The molecule has 2 aromatic rings. The predicted octanol–water partition coefficient (Wildman–Crippen LogP) is 2.35. The van der Waals surface area contributed by atoms with E-state index >= 15 is 0 Å². The minimum Gasteiger partial charge on any atom is -0.447 e. The van der Waals surface area contributed by atoms with E-state index in [9.17, 15) is 9.59 Å². The van der Waals surface area contributed by atoms with Crippen LogP contribution in [0, 0.1) is 12.8 Å². The normalized spacial score (nSPS) is 20.5. The minimum absolute atomic E-state index is 0.0353. The monoisotopic (exact) mass is 384 g/mol. The lowest BCUT2D eigenvalue weighted by atomic mass is 9.93. The van der Waals surface area contributed by atoms with Gasteiger partial charge >= 0.3 is 6.09 Å². The van der Waals surface area contributed by atoms with Crippen LogP contribution >= 0.6 is 0 Å². The Morgan fingerprint density at radius 3 is 2.64 bits per heavy atom. The van der Waals surface area contributed by atoms with Gasteiger partial charge < -0.3 is 14.2 Å². The number of hydrogen-bond acceptors (Lipinski definition) is 6. The number of rotatable bonds is 5. The van der Waals surface area contributed by atoms with E-state index in [-0.39, 0.29) is 25.1 Å². The summed E-state index contributed by atoms with van der Waals surface area (Å²) >= 11 is 0. The van der Waals surface area contributed by atoms with Gasteiger partial charge in [0.05, 0.1) is 6.04 Å². The standard InChI is InChI=1S/C20H24N4O4/c1-14-21-18(28-22-14)11-15-7-9-23(10-8-15)19(25)12-24-17(13-27-20(24)26)16-5-3-2-4-6-16/h2-6,15,17H,7-13H2,1H3/t17-/m1/s1. The Balaban J connectivity index is 1.32. The number of hydrogen-bond donors (Lipinski definition) is 0. The van der Waals surface area contributed by atoms with Crippen molar-refractivity contribution >= 4 is 12.0 Å². The molecule has 0 radical (unpaired) electrons. The minimum atomic E-state index is -0.427. The van der Waals surface area contributed by atoms with Crippen LogP contribution < -0.4 is 0 Å². The van der Waals surface area contributed by atoms with Gasteiger partial charge in [-0.25, -0.2) is 4.79 Å². The first-order valence-corrected chi connectivity index (χ1v) is 9.65. The molecule has 1 atom stereocenters. The van der Waals surface area contributed by atoms with Gasteiger partial charge in [0, 0.05) is 19.5 Å². The summed E-state index contributed by atoms with van der Waals surface area (Å²) in [6.45, 7) is 3.49. The third-order valence-electron chi connectivity index (χ3n) is 5.47. The Morgan fingerprint density at radius 2 is 1.96 bits per heavy atom. The van der Waals surface area contributed by atoms with Crippen LogP contribution in [0.3, 0.4) is 0 Å². The average molecular weight is 384 g/mol. The highest BCUT2D eigenvalue weighted by atomic mass is 16.6. The smallest absolute Gasteiger partial charge is 0.410 e. The fraction of sp³-hybridized carbons (Fsp3) is 0.500. The zero-order chi connectivity index (χ0) is 19.5. The average Bonchev–Trinajstić information content (AvgIpc) is 3.28. The fourth-order valence-electron chi connectivity index (χ4n) is 3.88. The molecule has 0 aliphatic carbocycles. The van der Waals surface area contributed by atoms with Gasteiger partial charge in [-0.05, 0) is 31.2 Å². The van der Waals surface area contributed by atoms with Crippen LogP contribution in [0.2, 0.25) is 0 Å². The zero-order valence-corrected chi connectivity index (χ0v) is 15.9. The summed E-state index contributed by atoms with van der Waals surface area (Å²) in [6, 6.07) is 9.47. The second-order valence-electron chi connectivity index (χ2n) is 7.39. The first-order valence-electron chi connectivity index (χ1n) is 9.65. The summed E-state index contributed by atoms with van der Waals surface area (Å²) in [5, 5.41) is 3.82. The van der Waals surface area contributed by atoms with Crippen LogP contribution in [-0.2, 0) is 16.0 Å². The maximum Gasteiger partial charge on any atom is 0.410 e. The van der Waals surface area contributed by atoms with E-state index < -0.39 is 6.09 Å². The Labute approximate surface area is 163 Å². The molecule has 0 spiro atoms. The van der Waals surface area contributed by atoms with Crippen LogP contribution in [0.4, 0.5) is 4.79 Å². The van der Waals surface area contributed by atoms with E-state index in [1.165, 1.54) is 4.90 Å². The van der Waals surface area contributed by atoms with Gasteiger partial charge in [-0.3, -0.25) is 9.69 Å². The third-order valence-corrected chi connectivity index (χ3v) is 5.47. The van der Waals surface area contributed by atoms with E-state index in [4.69, 9.17) is 9.26 Å². The number of aromatic nitrogens is 2. The number of cyclic esters (lactones) is 1. The summed E-state index contributed by atoms with van der Waals surface area (Å²) in [5.74, 6) is 1.70. The lowest BCUT2D eigenvalue weighted by molar-refractivity contribution is -0.133. The van der Waals surface area contributed by atoms with Crippen molar-refractivity contribution in [3.63, 3.8) is 0 Å². The highest BCUT2D eigenvalue weighted by Gasteiger charge is 2.36. The molecule has 148 valence electrons. The number of carbonyl (C=O) groups excluding carboxylic acids is 2. The molecule has 2 aliphatic heterocycles. The molecule has 1 aromatic carbocycles. The summed E-state index contributed by atoms with van der Waals surface area (Å²) in [5.41, 5.74) is 0.981. The zero-order valence-electron chi connectivity index (χ0n) is 15.9. The number of nitrogens with zero attached hydrogens (tertiary/aromatic N) is 4. The van der Waals surface area contributed by atoms with Crippen molar-refractivity contribution in [2.75, 3.05) is 26.2 Å². The highest BCUT2D eigenvalue weighted by Crippen LogP contribution is 2.28. The first kappa shape index (κ1) is 18.5. The van der Waals surface area contributed by atoms with Gasteiger partial charge in [-0.1, -0.05) is 35.5 Å². The molecule has 2 fully saturated rings. The van der Waals surface area contributed by atoms with Crippen LogP contribution in [0.5, 0.6) is 0 Å². The number of aryl methyl sites for hydroxylation is 1. The van der Waals surface area contributed by atoms with E-state index in [1.54, 1.807) is 6.92 Å². The van der Waals surface area contributed by atoms with Gasteiger partial charge in [0.1, 0.15) is 13.2 Å². The third kappa shape index (κ3) is 4.00. The van der Waals surface area contributed by atoms with Gasteiger partial charge in [0.25, 0.3) is 0 Å². The Morgan fingerprint density at radius 1 is 1.21 bits per heavy atom. The molecule has 8 heteroatoms. The summed E-state index contributed by atoms with van der Waals surface area (Å²) in [6.07, 6.45) is 2.10. The predicted molar refractivity (Wildman–Crippen MR) is 99.3 cm³/mol. The van der Waals surface area contributed by atoms with E-state index in [0.29, 0.717) is 30.7 Å². The Hall–Kier alpha value is -2.90. The molecule has 2 aliphatic rings. The van der Waals surface area contributed by atoms with Crippen molar-refractivity contribution in [3.8, 4) is 0 Å². The van der Waals surface area contributed by atoms with Crippen LogP contribution in [0.25, 0.3) is 0 Å². The number of carbonyl (C=O) groups is 2. The summed E-state index contributed by atoms with van der Waals surface area (Å²) in [4.78, 5) is 32.5. The number of ether oxygens (including phenoxy) is 1. The van der Waals surface area contributed by atoms with E-state index in [0.717, 1.165) is 24.8 Å². The number of piperidine rings is 1. The van der Waals surface area contributed by atoms with Crippen molar-refractivity contribution < 1.29 is 18.8 Å².